The normalized spacial score (nSPS) is 15.5. The number of aliphatic hydroxyl groups is 1. The average Bonchev–Trinajstić information content (AvgIpc) is 2.50. The molecule has 0 aromatic rings. The van der Waals surface area contributed by atoms with Crippen LogP contribution < -0.4 is 0 Å². The molecular formula is C18H27ClO3. The third-order valence-electron chi connectivity index (χ3n) is 4.05. The molecule has 0 aromatic heterocycles. The molecule has 0 unspecified atom stereocenters. The number of halogens is 1. The van der Waals surface area contributed by atoms with Crippen molar-refractivity contribution in [2.75, 3.05) is 0 Å². The summed E-state index contributed by atoms with van der Waals surface area (Å²) in [6.07, 6.45) is 13.6. The van der Waals surface area contributed by atoms with Crippen LogP contribution in [-0.4, -0.2) is 16.7 Å². The Kier molecular flexibility index (Phi) is 9.14. The van der Waals surface area contributed by atoms with E-state index in [2.05, 4.69) is 6.92 Å². The predicted octanol–water partition coefficient (Wildman–Crippen LogP) is 5.38. The van der Waals surface area contributed by atoms with Gasteiger partial charge in [0.25, 0.3) is 0 Å². The summed E-state index contributed by atoms with van der Waals surface area (Å²) in [5.74, 6) is -1.44. The number of rotatable bonds is 11. The lowest BCUT2D eigenvalue weighted by atomic mass is 9.95. The summed E-state index contributed by atoms with van der Waals surface area (Å²) < 4.78 is 0. The SMILES string of the molecule is CCCCCCCCCCCCC1=C(O)C(=O)C(Cl)=CC1=O. The molecule has 0 spiro atoms. The molecule has 0 saturated carbocycles. The van der Waals surface area contributed by atoms with Gasteiger partial charge in [0.15, 0.2) is 11.5 Å². The molecule has 3 nitrogen and oxygen atoms in total. The Hall–Kier alpha value is -1.09. The van der Waals surface area contributed by atoms with Gasteiger partial charge in [-0.25, -0.2) is 0 Å². The van der Waals surface area contributed by atoms with Crippen molar-refractivity contribution in [3.05, 3.63) is 22.4 Å². The van der Waals surface area contributed by atoms with Crippen LogP contribution in [0.3, 0.4) is 0 Å². The number of aliphatic hydroxyl groups excluding tert-OH is 1. The fourth-order valence-corrected chi connectivity index (χ4v) is 2.85. The van der Waals surface area contributed by atoms with Gasteiger partial charge in [-0.3, -0.25) is 9.59 Å². The Bertz CT molecular complexity index is 449. The third-order valence-corrected chi connectivity index (χ3v) is 4.33. The van der Waals surface area contributed by atoms with Crippen molar-refractivity contribution in [1.29, 1.82) is 0 Å². The molecule has 0 saturated heterocycles. The summed E-state index contributed by atoms with van der Waals surface area (Å²) in [6.45, 7) is 2.22. The summed E-state index contributed by atoms with van der Waals surface area (Å²) in [5.41, 5.74) is 0.217. The van der Waals surface area contributed by atoms with E-state index >= 15 is 0 Å². The number of carbonyl (C=O) groups excluding carboxylic acids is 2. The molecule has 0 aliphatic heterocycles. The smallest absolute Gasteiger partial charge is 0.239 e. The molecule has 0 radical (unpaired) electrons. The van der Waals surface area contributed by atoms with Gasteiger partial charge in [0.05, 0.1) is 5.03 Å². The van der Waals surface area contributed by atoms with E-state index in [0.717, 1.165) is 25.3 Å². The van der Waals surface area contributed by atoms with E-state index in [-0.39, 0.29) is 16.4 Å². The fourth-order valence-electron chi connectivity index (χ4n) is 2.67. The summed E-state index contributed by atoms with van der Waals surface area (Å²) in [5, 5.41) is 9.51. The quantitative estimate of drug-likeness (QED) is 0.409. The Morgan fingerprint density at radius 1 is 0.909 bits per heavy atom. The molecule has 22 heavy (non-hydrogen) atoms. The molecule has 1 N–H and O–H groups in total. The van der Waals surface area contributed by atoms with Crippen LogP contribution in [0.5, 0.6) is 0 Å². The van der Waals surface area contributed by atoms with E-state index in [4.69, 9.17) is 11.6 Å². The highest BCUT2D eigenvalue weighted by molar-refractivity contribution is 6.48. The molecule has 1 aliphatic rings. The molecular weight excluding hydrogens is 300 g/mol. The van der Waals surface area contributed by atoms with E-state index in [1.54, 1.807) is 0 Å². The summed E-state index contributed by atoms with van der Waals surface area (Å²) in [6, 6.07) is 0. The van der Waals surface area contributed by atoms with Crippen molar-refractivity contribution in [3.63, 3.8) is 0 Å². The Morgan fingerprint density at radius 3 is 1.95 bits per heavy atom. The topological polar surface area (TPSA) is 54.4 Å². The highest BCUT2D eigenvalue weighted by atomic mass is 35.5. The first-order chi connectivity index (χ1) is 10.6. The third kappa shape index (κ3) is 6.35. The minimum absolute atomic E-state index is 0.200. The Labute approximate surface area is 138 Å². The lowest BCUT2D eigenvalue weighted by Crippen LogP contribution is -2.17. The van der Waals surface area contributed by atoms with E-state index in [9.17, 15) is 14.7 Å². The number of ketones is 2. The summed E-state index contributed by atoms with van der Waals surface area (Å²) >= 11 is 5.58. The summed E-state index contributed by atoms with van der Waals surface area (Å²) in [4.78, 5) is 23.2. The van der Waals surface area contributed by atoms with E-state index < -0.39 is 11.5 Å². The van der Waals surface area contributed by atoms with Gasteiger partial charge in [-0.05, 0) is 12.8 Å². The van der Waals surface area contributed by atoms with Crippen LogP contribution in [0.15, 0.2) is 22.4 Å². The van der Waals surface area contributed by atoms with Gasteiger partial charge in [0, 0.05) is 11.6 Å². The molecule has 1 rings (SSSR count). The van der Waals surface area contributed by atoms with Crippen LogP contribution in [0.1, 0.15) is 77.6 Å². The van der Waals surface area contributed by atoms with Crippen molar-refractivity contribution >= 4 is 23.2 Å². The summed E-state index contributed by atoms with van der Waals surface area (Å²) in [7, 11) is 0. The van der Waals surface area contributed by atoms with Crippen LogP contribution >= 0.6 is 11.6 Å². The number of allylic oxidation sites excluding steroid dienone is 3. The van der Waals surface area contributed by atoms with Crippen LogP contribution in [0.2, 0.25) is 0 Å². The fraction of sp³-hybridized carbons (Fsp3) is 0.667. The number of unbranched alkanes of at least 4 members (excludes halogenated alkanes) is 9. The van der Waals surface area contributed by atoms with Crippen LogP contribution in [-0.2, 0) is 9.59 Å². The van der Waals surface area contributed by atoms with Crippen molar-refractivity contribution in [2.45, 2.75) is 77.6 Å². The lowest BCUT2D eigenvalue weighted by Gasteiger charge is -2.11. The molecule has 124 valence electrons. The minimum Gasteiger partial charge on any atom is -0.504 e. The molecule has 4 heteroatoms. The van der Waals surface area contributed by atoms with Crippen LogP contribution in [0.25, 0.3) is 0 Å². The molecule has 0 fully saturated rings. The van der Waals surface area contributed by atoms with Crippen molar-refractivity contribution in [1.82, 2.24) is 0 Å². The first-order valence-corrected chi connectivity index (χ1v) is 8.84. The maximum Gasteiger partial charge on any atom is 0.239 e. The van der Waals surface area contributed by atoms with E-state index in [0.29, 0.717) is 6.42 Å². The standard InChI is InChI=1S/C18H27ClO3/c1-2-3-4-5-6-7-8-9-10-11-12-14-16(20)13-15(19)18(22)17(14)21/h13,21H,2-12H2,1H3. The zero-order valence-corrected chi connectivity index (χ0v) is 14.3. The number of hydrogen-bond donors (Lipinski definition) is 1. The number of carbonyl (C=O) groups is 2. The van der Waals surface area contributed by atoms with Gasteiger partial charge < -0.3 is 5.11 Å². The van der Waals surface area contributed by atoms with Gasteiger partial charge in [-0.1, -0.05) is 76.3 Å². The second-order valence-corrected chi connectivity index (χ2v) is 6.35. The molecule has 0 heterocycles. The Balaban J connectivity index is 2.12. The van der Waals surface area contributed by atoms with Gasteiger partial charge in [0.2, 0.25) is 5.78 Å². The number of Topliss-reactive ketones (excluding diaryl/α,β-unsaturated/α-hetero) is 1. The van der Waals surface area contributed by atoms with E-state index in [1.165, 1.54) is 44.9 Å². The van der Waals surface area contributed by atoms with Gasteiger partial charge in [-0.15, -0.1) is 0 Å². The molecule has 1 aliphatic carbocycles. The maximum absolute atomic E-state index is 11.7. The van der Waals surface area contributed by atoms with Gasteiger partial charge in [-0.2, -0.15) is 0 Å². The predicted molar refractivity (Wildman–Crippen MR) is 90.1 cm³/mol. The highest BCUT2D eigenvalue weighted by Crippen LogP contribution is 2.24. The Morgan fingerprint density at radius 2 is 1.41 bits per heavy atom. The highest BCUT2D eigenvalue weighted by Gasteiger charge is 2.26. The lowest BCUT2D eigenvalue weighted by molar-refractivity contribution is -0.117. The molecule has 0 aromatic carbocycles. The number of hydrogen-bond acceptors (Lipinski definition) is 3. The van der Waals surface area contributed by atoms with Crippen LogP contribution in [0, 0.1) is 0 Å². The monoisotopic (exact) mass is 326 g/mol. The zero-order chi connectivity index (χ0) is 16.4. The van der Waals surface area contributed by atoms with E-state index in [1.807, 2.05) is 0 Å². The molecule has 0 amide bonds. The maximum atomic E-state index is 11.7. The first kappa shape index (κ1) is 19.0. The molecule has 0 bridgehead atoms. The van der Waals surface area contributed by atoms with Gasteiger partial charge >= 0.3 is 0 Å². The van der Waals surface area contributed by atoms with Crippen molar-refractivity contribution < 1.29 is 14.7 Å². The second-order valence-electron chi connectivity index (χ2n) is 5.94. The van der Waals surface area contributed by atoms with Crippen molar-refractivity contribution in [2.24, 2.45) is 0 Å². The van der Waals surface area contributed by atoms with Crippen LogP contribution in [0.4, 0.5) is 0 Å². The zero-order valence-electron chi connectivity index (χ0n) is 13.5. The first-order valence-electron chi connectivity index (χ1n) is 8.46. The largest absolute Gasteiger partial charge is 0.504 e. The van der Waals surface area contributed by atoms with Crippen molar-refractivity contribution in [3.8, 4) is 0 Å². The molecule has 0 atom stereocenters. The minimum atomic E-state index is -0.636. The van der Waals surface area contributed by atoms with Gasteiger partial charge in [0.1, 0.15) is 0 Å². The second kappa shape index (κ2) is 10.6. The average molecular weight is 327 g/mol.